The molecular weight excluding hydrogens is 1070 g/mol. The number of aliphatic hydroxyl groups is 1. The van der Waals surface area contributed by atoms with E-state index in [0.717, 1.165) is 46.9 Å². The lowest BCUT2D eigenvalue weighted by atomic mass is 9.89. The second-order valence-corrected chi connectivity index (χ2v) is 18.4. The Balaban J connectivity index is 0.000000198. The summed E-state index contributed by atoms with van der Waals surface area (Å²) < 4.78 is 53.6. The lowest BCUT2D eigenvalue weighted by Gasteiger charge is -2.33. The van der Waals surface area contributed by atoms with Crippen molar-refractivity contribution < 1.29 is 42.2 Å². The molecule has 0 aliphatic heterocycles. The molecule has 368 valence electrons. The van der Waals surface area contributed by atoms with E-state index >= 15 is 0 Å². The van der Waals surface area contributed by atoms with E-state index in [1.807, 2.05) is 56.3 Å². The minimum absolute atomic E-state index is 0.0172. The Hall–Kier alpha value is -5.35. The highest BCUT2D eigenvalue weighted by Gasteiger charge is 2.58. The predicted octanol–water partition coefficient (Wildman–Crippen LogP) is 10.7. The molecule has 1 aliphatic rings. The monoisotopic (exact) mass is 1120 g/mol. The number of carbonyl (C=O) groups excluding carboxylic acids is 1. The van der Waals surface area contributed by atoms with E-state index in [9.17, 15) is 27.9 Å². The lowest BCUT2D eigenvalue weighted by Crippen LogP contribution is -2.47. The maximum atomic E-state index is 12.9. The number of alkyl halides is 4. The van der Waals surface area contributed by atoms with Crippen LogP contribution in [0.1, 0.15) is 74.3 Å². The maximum absolute atomic E-state index is 12.9. The van der Waals surface area contributed by atoms with Gasteiger partial charge >= 0.3 is 12.1 Å². The van der Waals surface area contributed by atoms with E-state index in [1.165, 1.54) is 39.6 Å². The van der Waals surface area contributed by atoms with Crippen molar-refractivity contribution in [3.05, 3.63) is 149 Å². The van der Waals surface area contributed by atoms with Crippen LogP contribution < -0.4 is 10.3 Å². The molecule has 1 fully saturated rings. The number of aromatic nitrogens is 5. The standard InChI is InChI=1S/C20H19F3N2O4.C14H15Cl2N3OS.C14H17IN2O2/c1-13(14-8-6-9-16(11-14)20(21,22)23)24-29-12-15-7-4-5-10-17(15)18(25-28-3)19(26)27-2;15-11-4-2-1-3-10(11)7-14(20,13(16)5-6-13)8-19-12(21)17-9-18-19;1-3-7-17-13(18)11-9-10(15)5-6-12(11)16-14(17)19-8-4-2/h4-11H,12H2,1-3H3;1-4,9,20H,5-8H2,(H,17,18,21);5-6,9H,3-4,7-8H2,1-2H3/b24-13+,25-18+;;. The van der Waals surface area contributed by atoms with Gasteiger partial charge in [0.2, 0.25) is 0 Å². The molecule has 1 atom stereocenters. The molecular formula is C48H51Cl2F3IN7O7S. The van der Waals surface area contributed by atoms with Gasteiger partial charge in [0.1, 0.15) is 25.6 Å². The summed E-state index contributed by atoms with van der Waals surface area (Å²) in [6.07, 6.45) is 0.741. The molecule has 7 rings (SSSR count). The Morgan fingerprint density at radius 1 is 0.986 bits per heavy atom. The van der Waals surface area contributed by atoms with Crippen LogP contribution in [-0.4, -0.2) is 78.1 Å². The van der Waals surface area contributed by atoms with Gasteiger partial charge in [-0.2, -0.15) is 23.3 Å². The van der Waals surface area contributed by atoms with Gasteiger partial charge in [0.25, 0.3) is 11.6 Å². The number of carbonyl (C=O) groups is 1. The summed E-state index contributed by atoms with van der Waals surface area (Å²) in [5.74, 6) is -0.692. The molecule has 1 unspecified atom stereocenters. The van der Waals surface area contributed by atoms with Gasteiger partial charge in [-0.3, -0.25) is 9.36 Å². The van der Waals surface area contributed by atoms with E-state index in [-0.39, 0.29) is 35.7 Å². The molecule has 4 aromatic carbocycles. The largest absolute Gasteiger partial charge is 0.465 e. The number of H-pyrrole nitrogens is 1. The number of esters is 1. The van der Waals surface area contributed by atoms with Crippen molar-refractivity contribution in [3.63, 3.8) is 0 Å². The van der Waals surface area contributed by atoms with Crippen molar-refractivity contribution in [1.29, 1.82) is 0 Å². The molecule has 2 aromatic heterocycles. The SMILES string of the molecule is CCCOc1nc2ccc(I)cc2c(=O)n1CCC.CO/N=C(/C(=O)OC)c1ccccc1CO/N=C(\C)c1cccc(C(F)(F)F)c1.OC(Cc1ccccc1Cl)(Cn1nc[nH]c1=S)C1(Cl)CC1. The normalized spacial score (nSPS) is 14.1. The summed E-state index contributed by atoms with van der Waals surface area (Å²) in [4.78, 5) is 41.1. The minimum atomic E-state index is -4.44. The number of methoxy groups -OCH3 is 1. The van der Waals surface area contributed by atoms with Gasteiger partial charge in [0.15, 0.2) is 10.5 Å². The lowest BCUT2D eigenvalue weighted by molar-refractivity contribution is -0.137. The number of fused-ring (bicyclic) bond motifs is 1. The maximum Gasteiger partial charge on any atom is 0.416 e. The molecule has 0 spiro atoms. The number of benzene rings is 4. The number of nitrogens with one attached hydrogen (secondary N) is 1. The zero-order valence-electron chi connectivity index (χ0n) is 38.4. The van der Waals surface area contributed by atoms with Crippen molar-refractivity contribution in [2.24, 2.45) is 10.3 Å². The van der Waals surface area contributed by atoms with Crippen LogP contribution in [0.5, 0.6) is 6.01 Å². The van der Waals surface area contributed by atoms with Crippen molar-refractivity contribution in [2.45, 2.75) is 89.2 Å². The first kappa shape index (κ1) is 54.6. The van der Waals surface area contributed by atoms with Crippen molar-refractivity contribution in [1.82, 2.24) is 24.3 Å². The molecule has 69 heavy (non-hydrogen) atoms. The molecule has 14 nitrogen and oxygen atoms in total. The third-order valence-electron chi connectivity index (χ3n) is 10.6. The number of hydrogen-bond acceptors (Lipinski definition) is 12. The zero-order chi connectivity index (χ0) is 50.4. The highest BCUT2D eigenvalue weighted by molar-refractivity contribution is 14.1. The van der Waals surface area contributed by atoms with E-state index < -0.39 is 28.2 Å². The van der Waals surface area contributed by atoms with Gasteiger partial charge in [-0.1, -0.05) is 90.4 Å². The first-order chi connectivity index (χ1) is 32.9. The first-order valence-corrected chi connectivity index (χ1v) is 23.8. The summed E-state index contributed by atoms with van der Waals surface area (Å²) >= 11 is 20.1. The fraction of sp³-hybridized carbons (Fsp3) is 0.354. The number of nitrogens with zero attached hydrogens (tertiary/aromatic N) is 6. The smallest absolute Gasteiger partial charge is 0.416 e. The molecule has 0 amide bonds. The molecule has 0 radical (unpaired) electrons. The van der Waals surface area contributed by atoms with Gasteiger partial charge in [0.05, 0.1) is 47.3 Å². The van der Waals surface area contributed by atoms with Crippen LogP contribution in [0.4, 0.5) is 13.2 Å². The van der Waals surface area contributed by atoms with Crippen LogP contribution in [0, 0.1) is 8.34 Å². The van der Waals surface area contributed by atoms with Gasteiger partial charge in [0, 0.05) is 32.7 Å². The molecule has 1 saturated carbocycles. The molecule has 0 saturated heterocycles. The van der Waals surface area contributed by atoms with Crippen LogP contribution in [-0.2, 0) is 51.5 Å². The Morgan fingerprint density at radius 2 is 1.70 bits per heavy atom. The van der Waals surface area contributed by atoms with E-state index in [1.54, 1.807) is 33.5 Å². The first-order valence-electron chi connectivity index (χ1n) is 21.6. The van der Waals surface area contributed by atoms with Crippen LogP contribution >= 0.6 is 58.0 Å². The van der Waals surface area contributed by atoms with Gasteiger partial charge in [-0.25, -0.2) is 9.48 Å². The Bertz CT molecular complexity index is 2890. The van der Waals surface area contributed by atoms with Gasteiger partial charge in [-0.15, -0.1) is 11.6 Å². The number of rotatable bonds is 17. The summed E-state index contributed by atoms with van der Waals surface area (Å²) in [5.41, 5.74) is 1.13. The summed E-state index contributed by atoms with van der Waals surface area (Å²) in [7, 11) is 2.51. The highest BCUT2D eigenvalue weighted by Crippen LogP contribution is 2.53. The average molecular weight is 1120 g/mol. The topological polar surface area (TPSA) is 167 Å². The van der Waals surface area contributed by atoms with Gasteiger partial charge in [-0.05, 0) is 115 Å². The molecule has 2 heterocycles. The minimum Gasteiger partial charge on any atom is -0.465 e. The number of hydrogen-bond donors (Lipinski definition) is 2. The molecule has 0 bridgehead atoms. The molecule has 2 N–H and O–H groups in total. The van der Waals surface area contributed by atoms with E-state index in [4.69, 9.17) is 54.6 Å². The van der Waals surface area contributed by atoms with Crippen molar-refractivity contribution in [2.75, 3.05) is 20.8 Å². The Labute approximate surface area is 425 Å². The van der Waals surface area contributed by atoms with Crippen LogP contribution in [0.15, 0.2) is 112 Å². The average Bonchev–Trinajstić information content (AvgIpc) is 3.98. The summed E-state index contributed by atoms with van der Waals surface area (Å²) in [6.45, 7) is 7.00. The number of halogens is 6. The third-order valence-corrected chi connectivity index (χ3v) is 12.7. The van der Waals surface area contributed by atoms with Crippen LogP contribution in [0.2, 0.25) is 5.02 Å². The van der Waals surface area contributed by atoms with Crippen molar-refractivity contribution in [3.8, 4) is 6.01 Å². The number of aromatic amines is 1. The van der Waals surface area contributed by atoms with Crippen LogP contribution in [0.3, 0.4) is 0 Å². The highest BCUT2D eigenvalue weighted by atomic mass is 127. The Kier molecular flexibility index (Phi) is 19.8. The van der Waals surface area contributed by atoms with E-state index in [0.29, 0.717) is 57.4 Å². The zero-order valence-corrected chi connectivity index (χ0v) is 42.8. The molecule has 6 aromatic rings. The second-order valence-electron chi connectivity index (χ2n) is 15.7. The predicted molar refractivity (Wildman–Crippen MR) is 271 cm³/mol. The van der Waals surface area contributed by atoms with Gasteiger partial charge < -0.3 is 29.2 Å². The fourth-order valence-corrected chi connectivity index (χ4v) is 7.94. The third kappa shape index (κ3) is 14.6. The summed E-state index contributed by atoms with van der Waals surface area (Å²) in [6, 6.07) is 25.1. The second kappa shape index (κ2) is 25.0. The number of ether oxygens (including phenoxy) is 2. The number of oxime groups is 2. The molecule has 21 heteroatoms. The fourth-order valence-electron chi connectivity index (χ4n) is 6.86. The van der Waals surface area contributed by atoms with E-state index in [2.05, 4.69) is 48.0 Å². The van der Waals surface area contributed by atoms with Crippen LogP contribution in [0.25, 0.3) is 10.9 Å². The van der Waals surface area contributed by atoms with Crippen molar-refractivity contribution >= 4 is 86.3 Å². The quantitative estimate of drug-likeness (QED) is 0.0224. The molecule has 1 aliphatic carbocycles. The Morgan fingerprint density at radius 3 is 2.32 bits per heavy atom. The summed E-state index contributed by atoms with van der Waals surface area (Å²) in [5, 5.41) is 24.1.